The van der Waals surface area contributed by atoms with Crippen molar-refractivity contribution in [2.75, 3.05) is 19.7 Å². The summed E-state index contributed by atoms with van der Waals surface area (Å²) in [7, 11) is 0. The topological polar surface area (TPSA) is 95.4 Å². The maximum absolute atomic E-state index is 13.3. The molecule has 2 bridgehead atoms. The third-order valence-corrected chi connectivity index (χ3v) is 6.28. The van der Waals surface area contributed by atoms with E-state index in [-0.39, 0.29) is 41.7 Å². The van der Waals surface area contributed by atoms with E-state index in [9.17, 15) is 19.5 Å². The molecule has 1 saturated heterocycles. The number of hydrogen-bond donors (Lipinski definition) is 2. The number of H-pyrrole nitrogens is 1. The quantitative estimate of drug-likeness (QED) is 0.790. The van der Waals surface area contributed by atoms with Gasteiger partial charge in [-0.15, -0.1) is 0 Å². The third-order valence-electron chi connectivity index (χ3n) is 6.28. The zero-order chi connectivity index (χ0) is 20.2. The van der Waals surface area contributed by atoms with E-state index in [1.54, 1.807) is 17.6 Å². The number of pyridine rings is 1. The Bertz CT molecular complexity index is 1020. The van der Waals surface area contributed by atoms with Gasteiger partial charge < -0.3 is 19.6 Å². The second-order valence-corrected chi connectivity index (χ2v) is 7.99. The second kappa shape index (κ2) is 6.74. The molecule has 148 valence electrons. The van der Waals surface area contributed by atoms with Crippen LogP contribution in [0.5, 0.6) is 0 Å². The molecule has 7 heteroatoms. The van der Waals surface area contributed by atoms with Crippen molar-refractivity contribution in [2.24, 2.45) is 5.92 Å². The van der Waals surface area contributed by atoms with Crippen molar-refractivity contribution in [1.82, 2.24) is 14.5 Å². The summed E-state index contributed by atoms with van der Waals surface area (Å²) >= 11 is 0. The van der Waals surface area contributed by atoms with E-state index in [2.05, 4.69) is 4.98 Å². The highest BCUT2D eigenvalue weighted by Gasteiger charge is 2.42. The van der Waals surface area contributed by atoms with Crippen molar-refractivity contribution < 1.29 is 14.7 Å². The van der Waals surface area contributed by atoms with Crippen molar-refractivity contribution >= 4 is 11.7 Å². The molecule has 3 atom stereocenters. The van der Waals surface area contributed by atoms with Crippen molar-refractivity contribution in [3.8, 4) is 0 Å². The molecule has 1 amide bonds. The van der Waals surface area contributed by atoms with E-state index in [1.165, 1.54) is 13.0 Å². The molecule has 2 aliphatic heterocycles. The maximum atomic E-state index is 13.3. The number of aromatic nitrogens is 2. The highest BCUT2D eigenvalue weighted by molar-refractivity contribution is 6.02. The van der Waals surface area contributed by atoms with Gasteiger partial charge in [0.05, 0.1) is 23.9 Å². The van der Waals surface area contributed by atoms with Crippen LogP contribution in [0.15, 0.2) is 23.0 Å². The van der Waals surface area contributed by atoms with E-state index < -0.39 is 0 Å². The second-order valence-electron chi connectivity index (χ2n) is 7.99. The number of amides is 1. The molecule has 0 aromatic carbocycles. The molecule has 4 heterocycles. The predicted octanol–water partition coefficient (Wildman–Crippen LogP) is 1.79. The number of aromatic amines is 1. The summed E-state index contributed by atoms with van der Waals surface area (Å²) in [6, 6.07) is 4.85. The van der Waals surface area contributed by atoms with Crippen LogP contribution >= 0.6 is 0 Å². The fourth-order valence-corrected chi connectivity index (χ4v) is 5.02. The summed E-state index contributed by atoms with van der Waals surface area (Å²) in [5.41, 5.74) is 3.18. The first kappa shape index (κ1) is 18.7. The highest BCUT2D eigenvalue weighted by atomic mass is 16.3. The lowest BCUT2D eigenvalue weighted by Gasteiger charge is -2.46. The van der Waals surface area contributed by atoms with E-state index >= 15 is 0 Å². The van der Waals surface area contributed by atoms with Crippen LogP contribution in [0.3, 0.4) is 0 Å². The van der Waals surface area contributed by atoms with E-state index in [0.29, 0.717) is 35.6 Å². The molecule has 1 fully saturated rings. The van der Waals surface area contributed by atoms with E-state index in [1.807, 2.05) is 17.9 Å². The van der Waals surface area contributed by atoms with E-state index in [0.717, 1.165) is 12.1 Å². The molecule has 0 aliphatic carbocycles. The SMILES string of the molecule is CC(=O)c1[nH]c(C)c(C(=O)N2C[C@H]3C[C@@H](C2)[C@H](CO)n2c3cccc2=O)c1C. The average molecular weight is 383 g/mol. The predicted molar refractivity (Wildman–Crippen MR) is 104 cm³/mol. The van der Waals surface area contributed by atoms with Crippen LogP contribution in [0, 0.1) is 19.8 Å². The van der Waals surface area contributed by atoms with Gasteiger partial charge in [-0.05, 0) is 31.9 Å². The van der Waals surface area contributed by atoms with Gasteiger partial charge in [0.15, 0.2) is 5.78 Å². The summed E-state index contributed by atoms with van der Waals surface area (Å²) in [5.74, 6) is -0.112. The summed E-state index contributed by atoms with van der Waals surface area (Å²) in [4.78, 5) is 42.4. The zero-order valence-corrected chi connectivity index (χ0v) is 16.4. The number of aryl methyl sites for hydroxylation is 1. The number of ketones is 1. The fraction of sp³-hybridized carbons (Fsp3) is 0.476. The van der Waals surface area contributed by atoms with Crippen LogP contribution in [-0.2, 0) is 0 Å². The minimum atomic E-state index is -0.322. The van der Waals surface area contributed by atoms with Crippen LogP contribution in [0.1, 0.15) is 63.1 Å². The summed E-state index contributed by atoms with van der Waals surface area (Å²) in [5, 5.41) is 9.96. The Labute approximate surface area is 163 Å². The first-order chi connectivity index (χ1) is 13.3. The van der Waals surface area contributed by atoms with Crippen molar-refractivity contribution in [3.05, 3.63) is 56.8 Å². The minimum Gasteiger partial charge on any atom is -0.394 e. The molecule has 7 nitrogen and oxygen atoms in total. The summed E-state index contributed by atoms with van der Waals surface area (Å²) < 4.78 is 1.71. The molecule has 2 aromatic rings. The molecule has 0 unspecified atom stereocenters. The maximum Gasteiger partial charge on any atom is 0.255 e. The average Bonchev–Trinajstić information content (AvgIpc) is 2.96. The third kappa shape index (κ3) is 2.73. The Balaban J connectivity index is 1.71. The highest BCUT2D eigenvalue weighted by Crippen LogP contribution is 2.41. The number of piperidine rings is 1. The number of nitrogens with zero attached hydrogens (tertiary/aromatic N) is 2. The van der Waals surface area contributed by atoms with Gasteiger partial charge in [0, 0.05) is 49.3 Å². The van der Waals surface area contributed by atoms with E-state index in [4.69, 9.17) is 0 Å². The lowest BCUT2D eigenvalue weighted by molar-refractivity contribution is 0.0436. The van der Waals surface area contributed by atoms with Gasteiger partial charge >= 0.3 is 0 Å². The van der Waals surface area contributed by atoms with Crippen LogP contribution in [0.2, 0.25) is 0 Å². The van der Waals surface area contributed by atoms with Crippen LogP contribution in [-0.4, -0.2) is 50.9 Å². The summed E-state index contributed by atoms with van der Waals surface area (Å²) in [6.45, 7) is 5.97. The molecule has 0 radical (unpaired) electrons. The Kier molecular flexibility index (Phi) is 4.50. The number of hydrogen-bond acceptors (Lipinski definition) is 4. The molecule has 4 rings (SSSR count). The lowest BCUT2D eigenvalue weighted by Crippen LogP contribution is -2.52. The van der Waals surface area contributed by atoms with Gasteiger partial charge in [-0.3, -0.25) is 14.4 Å². The molecule has 2 N–H and O–H groups in total. The Morgan fingerprint density at radius 1 is 1.25 bits per heavy atom. The van der Waals surface area contributed by atoms with Crippen LogP contribution < -0.4 is 5.56 Å². The molecular formula is C21H25N3O4. The van der Waals surface area contributed by atoms with Crippen LogP contribution in [0.4, 0.5) is 0 Å². The first-order valence-corrected chi connectivity index (χ1v) is 9.65. The van der Waals surface area contributed by atoms with Gasteiger partial charge in [-0.25, -0.2) is 0 Å². The normalized spacial score (nSPS) is 23.4. The fourth-order valence-electron chi connectivity index (χ4n) is 5.02. The van der Waals surface area contributed by atoms with Crippen molar-refractivity contribution in [2.45, 2.75) is 39.2 Å². The van der Waals surface area contributed by atoms with Gasteiger partial charge in [0.1, 0.15) is 0 Å². The Hall–Kier alpha value is -2.67. The number of nitrogens with one attached hydrogen (secondary N) is 1. The Morgan fingerprint density at radius 2 is 2.00 bits per heavy atom. The molecular weight excluding hydrogens is 358 g/mol. The zero-order valence-electron chi connectivity index (χ0n) is 16.4. The number of fused-ring (bicyclic) bond motifs is 4. The number of aliphatic hydroxyl groups excluding tert-OH is 1. The number of aliphatic hydroxyl groups is 1. The smallest absolute Gasteiger partial charge is 0.255 e. The molecule has 0 saturated carbocycles. The number of carbonyl (C=O) groups excluding carboxylic acids is 2. The summed E-state index contributed by atoms with van der Waals surface area (Å²) in [6.07, 6.45) is 0.849. The Morgan fingerprint density at radius 3 is 2.64 bits per heavy atom. The number of likely N-dealkylation sites (tertiary alicyclic amines) is 1. The molecule has 2 aliphatic rings. The standard InChI is InChI=1S/C21H25N3O4/c1-11-19(12(2)22-20(11)13(3)26)21(28)23-8-14-7-15(9-23)17(10-25)24-16(14)5-4-6-18(24)27/h4-6,14-15,17,22,25H,7-10H2,1-3H3/t14-,15+,17+/m1/s1. The largest absolute Gasteiger partial charge is 0.394 e. The lowest BCUT2D eigenvalue weighted by atomic mass is 9.78. The van der Waals surface area contributed by atoms with Gasteiger partial charge in [-0.1, -0.05) is 6.07 Å². The molecule has 0 spiro atoms. The first-order valence-electron chi connectivity index (χ1n) is 9.65. The van der Waals surface area contributed by atoms with Gasteiger partial charge in [0.2, 0.25) is 0 Å². The number of carbonyl (C=O) groups is 2. The van der Waals surface area contributed by atoms with Gasteiger partial charge in [0.25, 0.3) is 11.5 Å². The number of Topliss-reactive ketones (excluding diaryl/α,β-unsaturated/α-hetero) is 1. The van der Waals surface area contributed by atoms with Crippen molar-refractivity contribution in [1.29, 1.82) is 0 Å². The van der Waals surface area contributed by atoms with Crippen molar-refractivity contribution in [3.63, 3.8) is 0 Å². The minimum absolute atomic E-state index is 0.0205. The number of rotatable bonds is 3. The van der Waals surface area contributed by atoms with Gasteiger partial charge in [-0.2, -0.15) is 0 Å². The monoisotopic (exact) mass is 383 g/mol. The molecule has 28 heavy (non-hydrogen) atoms. The van der Waals surface area contributed by atoms with Crippen LogP contribution in [0.25, 0.3) is 0 Å². The molecule has 2 aromatic heterocycles.